The molecule has 0 atom stereocenters. The predicted octanol–water partition coefficient (Wildman–Crippen LogP) is 6.02. The highest BCUT2D eigenvalue weighted by Gasteiger charge is 2.15. The van der Waals surface area contributed by atoms with Gasteiger partial charge in [0.15, 0.2) is 0 Å². The monoisotopic (exact) mass is 325 g/mol. The van der Waals surface area contributed by atoms with Crippen LogP contribution in [0.3, 0.4) is 0 Å². The van der Waals surface area contributed by atoms with E-state index in [0.717, 1.165) is 0 Å². The minimum Gasteiger partial charge on any atom is -0.262 e. The number of hydrogen-bond donors (Lipinski definition) is 0. The van der Waals surface area contributed by atoms with Crippen molar-refractivity contribution < 1.29 is 0 Å². The standard InChI is InChI=1S/C11H4Cl5N/c12-5-1-6(11(16)7(13)2-5)10-8(14)3-17-4-9(10)15/h1-4H. The van der Waals surface area contributed by atoms with Gasteiger partial charge in [-0.25, -0.2) is 0 Å². The Labute approximate surface area is 123 Å². The average Bonchev–Trinajstić information content (AvgIpc) is 2.24. The molecule has 0 spiro atoms. The summed E-state index contributed by atoms with van der Waals surface area (Å²) in [5.74, 6) is 0. The Morgan fingerprint density at radius 3 is 1.94 bits per heavy atom. The molecule has 6 heteroatoms. The second-order valence-electron chi connectivity index (χ2n) is 3.23. The molecule has 1 aromatic carbocycles. The van der Waals surface area contributed by atoms with Crippen LogP contribution < -0.4 is 0 Å². The summed E-state index contributed by atoms with van der Waals surface area (Å²) in [5, 5.41) is 1.93. The van der Waals surface area contributed by atoms with Gasteiger partial charge in [-0.05, 0) is 12.1 Å². The van der Waals surface area contributed by atoms with Crippen molar-refractivity contribution in [3.05, 3.63) is 49.6 Å². The summed E-state index contributed by atoms with van der Waals surface area (Å²) >= 11 is 30.1. The maximum absolute atomic E-state index is 6.12. The minimum atomic E-state index is 0.345. The van der Waals surface area contributed by atoms with Crippen molar-refractivity contribution in [1.29, 1.82) is 0 Å². The van der Waals surface area contributed by atoms with Gasteiger partial charge >= 0.3 is 0 Å². The van der Waals surface area contributed by atoms with Gasteiger partial charge in [0.1, 0.15) is 0 Å². The van der Waals surface area contributed by atoms with E-state index in [1.807, 2.05) is 0 Å². The fourth-order valence-corrected chi connectivity index (χ4v) is 2.67. The van der Waals surface area contributed by atoms with Crippen LogP contribution in [0.15, 0.2) is 24.5 Å². The Morgan fingerprint density at radius 2 is 1.35 bits per heavy atom. The smallest absolute Gasteiger partial charge is 0.0683 e. The zero-order valence-corrected chi connectivity index (χ0v) is 11.9. The third kappa shape index (κ3) is 2.64. The molecule has 0 N–H and O–H groups in total. The second kappa shape index (κ2) is 5.21. The highest BCUT2D eigenvalue weighted by Crippen LogP contribution is 2.42. The molecule has 0 aliphatic heterocycles. The van der Waals surface area contributed by atoms with Crippen LogP contribution in [0.1, 0.15) is 0 Å². The Hall–Kier alpha value is -0.180. The van der Waals surface area contributed by atoms with Gasteiger partial charge in [0.2, 0.25) is 0 Å². The summed E-state index contributed by atoms with van der Waals surface area (Å²) in [6, 6.07) is 3.21. The Kier molecular flexibility index (Phi) is 4.06. The van der Waals surface area contributed by atoms with Crippen LogP contribution in [0.2, 0.25) is 25.1 Å². The molecule has 0 saturated carbocycles. The molecule has 2 aromatic rings. The maximum atomic E-state index is 6.12. The van der Waals surface area contributed by atoms with Gasteiger partial charge in [0, 0.05) is 28.5 Å². The van der Waals surface area contributed by atoms with Crippen LogP contribution in [-0.4, -0.2) is 4.98 Å². The third-order valence-electron chi connectivity index (χ3n) is 2.12. The van der Waals surface area contributed by atoms with E-state index in [9.17, 15) is 0 Å². The summed E-state index contributed by atoms with van der Waals surface area (Å²) in [6.45, 7) is 0. The van der Waals surface area contributed by atoms with Gasteiger partial charge in [0.25, 0.3) is 0 Å². The van der Waals surface area contributed by atoms with Crippen LogP contribution in [-0.2, 0) is 0 Å². The number of aromatic nitrogens is 1. The van der Waals surface area contributed by atoms with E-state index in [-0.39, 0.29) is 0 Å². The van der Waals surface area contributed by atoms with E-state index in [1.54, 1.807) is 12.1 Å². The van der Waals surface area contributed by atoms with Gasteiger partial charge in [-0.1, -0.05) is 58.0 Å². The first-order valence-electron chi connectivity index (χ1n) is 4.44. The van der Waals surface area contributed by atoms with E-state index >= 15 is 0 Å². The van der Waals surface area contributed by atoms with Crippen LogP contribution in [0.25, 0.3) is 11.1 Å². The zero-order valence-electron chi connectivity index (χ0n) is 8.15. The molecule has 0 bridgehead atoms. The van der Waals surface area contributed by atoms with Crippen molar-refractivity contribution in [2.75, 3.05) is 0 Å². The molecule has 1 aromatic heterocycles. The quantitative estimate of drug-likeness (QED) is 0.584. The Bertz CT molecular complexity index is 562. The molecule has 17 heavy (non-hydrogen) atoms. The Morgan fingerprint density at radius 1 is 0.765 bits per heavy atom. The minimum absolute atomic E-state index is 0.345. The molecule has 0 aliphatic carbocycles. The molecule has 0 unspecified atom stereocenters. The molecule has 1 nitrogen and oxygen atoms in total. The van der Waals surface area contributed by atoms with E-state index in [1.165, 1.54) is 12.4 Å². The third-order valence-corrected chi connectivity index (χ3v) is 3.71. The molecule has 0 amide bonds. The van der Waals surface area contributed by atoms with E-state index < -0.39 is 0 Å². The van der Waals surface area contributed by atoms with Gasteiger partial charge in [-0.2, -0.15) is 0 Å². The van der Waals surface area contributed by atoms with Crippen molar-refractivity contribution in [3.8, 4) is 11.1 Å². The molecule has 0 fully saturated rings. The van der Waals surface area contributed by atoms with Gasteiger partial charge in [-0.3, -0.25) is 4.98 Å². The Balaban J connectivity index is 2.77. The van der Waals surface area contributed by atoms with Crippen molar-refractivity contribution in [2.24, 2.45) is 0 Å². The number of halogens is 5. The van der Waals surface area contributed by atoms with E-state index in [4.69, 9.17) is 58.0 Å². The summed E-state index contributed by atoms with van der Waals surface area (Å²) in [4.78, 5) is 3.87. The second-order valence-corrected chi connectivity index (χ2v) is 5.26. The number of nitrogens with zero attached hydrogens (tertiary/aromatic N) is 1. The number of benzene rings is 1. The van der Waals surface area contributed by atoms with Crippen molar-refractivity contribution in [3.63, 3.8) is 0 Å². The molecule has 0 aliphatic rings. The summed E-state index contributed by atoms with van der Waals surface area (Å²) in [5.41, 5.74) is 1.15. The lowest BCUT2D eigenvalue weighted by Crippen LogP contribution is -1.86. The predicted molar refractivity (Wildman–Crippen MR) is 74.7 cm³/mol. The number of pyridine rings is 1. The number of hydrogen-bond acceptors (Lipinski definition) is 1. The molecular formula is C11H4Cl5N. The topological polar surface area (TPSA) is 12.9 Å². The van der Waals surface area contributed by atoms with E-state index in [2.05, 4.69) is 4.98 Å². The first-order valence-corrected chi connectivity index (χ1v) is 6.33. The molecule has 0 saturated heterocycles. The van der Waals surface area contributed by atoms with Crippen LogP contribution >= 0.6 is 58.0 Å². The lowest BCUT2D eigenvalue weighted by atomic mass is 10.1. The molecular weight excluding hydrogens is 323 g/mol. The fraction of sp³-hybridized carbons (Fsp3) is 0. The van der Waals surface area contributed by atoms with Crippen LogP contribution in [0, 0.1) is 0 Å². The fourth-order valence-electron chi connectivity index (χ4n) is 1.41. The summed E-state index contributed by atoms with van der Waals surface area (Å²) in [6.07, 6.45) is 2.96. The lowest BCUT2D eigenvalue weighted by Gasteiger charge is -2.10. The van der Waals surface area contributed by atoms with E-state index in [0.29, 0.717) is 36.2 Å². The summed E-state index contributed by atoms with van der Waals surface area (Å²) < 4.78 is 0. The highest BCUT2D eigenvalue weighted by molar-refractivity contribution is 6.46. The van der Waals surface area contributed by atoms with Gasteiger partial charge in [-0.15, -0.1) is 0 Å². The lowest BCUT2D eigenvalue weighted by molar-refractivity contribution is 1.33. The zero-order chi connectivity index (χ0) is 12.6. The normalized spacial score (nSPS) is 10.6. The molecule has 88 valence electrons. The SMILES string of the molecule is Clc1cc(Cl)c(Cl)c(-c2c(Cl)cncc2Cl)c1. The number of rotatable bonds is 1. The van der Waals surface area contributed by atoms with Crippen molar-refractivity contribution in [2.45, 2.75) is 0 Å². The maximum Gasteiger partial charge on any atom is 0.0683 e. The molecule has 1 heterocycles. The van der Waals surface area contributed by atoms with Crippen LogP contribution in [0.5, 0.6) is 0 Å². The first kappa shape index (κ1) is 13.3. The molecule has 2 rings (SSSR count). The van der Waals surface area contributed by atoms with Crippen molar-refractivity contribution >= 4 is 58.0 Å². The molecule has 0 radical (unpaired) electrons. The van der Waals surface area contributed by atoms with Crippen molar-refractivity contribution in [1.82, 2.24) is 4.98 Å². The largest absolute Gasteiger partial charge is 0.262 e. The summed E-state index contributed by atoms with van der Waals surface area (Å²) in [7, 11) is 0. The van der Waals surface area contributed by atoms with Crippen LogP contribution in [0.4, 0.5) is 0 Å². The first-order chi connectivity index (χ1) is 8.00. The average molecular weight is 327 g/mol. The highest BCUT2D eigenvalue weighted by atomic mass is 35.5. The van der Waals surface area contributed by atoms with Gasteiger partial charge < -0.3 is 0 Å². The van der Waals surface area contributed by atoms with Gasteiger partial charge in [0.05, 0.1) is 20.1 Å².